The molecule has 1 unspecified atom stereocenters. The molecule has 80 valence electrons. The lowest BCUT2D eigenvalue weighted by Crippen LogP contribution is -2.05. The summed E-state index contributed by atoms with van der Waals surface area (Å²) >= 11 is 5.23. The Morgan fingerprint density at radius 3 is 2.79 bits per heavy atom. The third-order valence-electron chi connectivity index (χ3n) is 2.21. The van der Waals surface area contributed by atoms with Crippen molar-refractivity contribution in [3.63, 3.8) is 0 Å². The Labute approximate surface area is 98.3 Å². The van der Waals surface area contributed by atoms with Crippen molar-refractivity contribution in [2.75, 3.05) is 0 Å². The fourth-order valence-corrected chi connectivity index (χ4v) is 3.00. The molecule has 0 radical (unpaired) electrons. The Bertz CT molecular complexity index is 260. The van der Waals surface area contributed by atoms with Gasteiger partial charge in [-0.1, -0.05) is 13.3 Å². The Balaban J connectivity index is 2.15. The number of aryl methyl sites for hydroxylation is 1. The Morgan fingerprint density at radius 1 is 1.43 bits per heavy atom. The number of halogens is 1. The highest BCUT2D eigenvalue weighted by molar-refractivity contribution is 9.11. The molecule has 0 saturated carbocycles. The fourth-order valence-electron chi connectivity index (χ4n) is 1.48. The molecule has 1 aromatic rings. The zero-order valence-electron chi connectivity index (χ0n) is 8.50. The highest BCUT2D eigenvalue weighted by atomic mass is 79.9. The van der Waals surface area contributed by atoms with Gasteiger partial charge in [0.15, 0.2) is 0 Å². The van der Waals surface area contributed by atoms with E-state index in [2.05, 4.69) is 35.0 Å². The van der Waals surface area contributed by atoms with Crippen molar-refractivity contribution in [1.29, 1.82) is 0 Å². The first-order valence-electron chi connectivity index (χ1n) is 5.14. The number of aliphatic hydroxyl groups excluding tert-OH is 1. The van der Waals surface area contributed by atoms with Gasteiger partial charge in [-0.05, 0) is 53.7 Å². The monoisotopic (exact) mass is 276 g/mol. The summed E-state index contributed by atoms with van der Waals surface area (Å²) in [5.41, 5.74) is 0. The van der Waals surface area contributed by atoms with Crippen LogP contribution in [0, 0.1) is 0 Å². The lowest BCUT2D eigenvalue weighted by molar-refractivity contribution is 0.151. The minimum absolute atomic E-state index is 0.0941. The van der Waals surface area contributed by atoms with Gasteiger partial charge in [-0.15, -0.1) is 11.3 Å². The second kappa shape index (κ2) is 6.59. The molecule has 1 heterocycles. The van der Waals surface area contributed by atoms with Crippen LogP contribution in [-0.2, 0) is 6.42 Å². The molecule has 1 atom stereocenters. The summed E-state index contributed by atoms with van der Waals surface area (Å²) < 4.78 is 1.20. The molecule has 0 aliphatic heterocycles. The first kappa shape index (κ1) is 12.2. The van der Waals surface area contributed by atoms with Crippen LogP contribution in [0.15, 0.2) is 15.9 Å². The van der Waals surface area contributed by atoms with Gasteiger partial charge >= 0.3 is 0 Å². The summed E-state index contributed by atoms with van der Waals surface area (Å²) in [5, 5.41) is 9.53. The summed E-state index contributed by atoms with van der Waals surface area (Å²) in [4.78, 5) is 1.40. The van der Waals surface area contributed by atoms with Crippen molar-refractivity contribution >= 4 is 27.3 Å². The van der Waals surface area contributed by atoms with E-state index in [1.54, 1.807) is 11.3 Å². The first-order chi connectivity index (χ1) is 6.72. The maximum Gasteiger partial charge on any atom is 0.0701 e. The van der Waals surface area contributed by atoms with Crippen LogP contribution in [0.25, 0.3) is 0 Å². The smallest absolute Gasteiger partial charge is 0.0701 e. The van der Waals surface area contributed by atoms with Crippen molar-refractivity contribution in [3.8, 4) is 0 Å². The molecule has 0 spiro atoms. The second-order valence-corrected chi connectivity index (χ2v) is 6.09. The highest BCUT2D eigenvalue weighted by Crippen LogP contribution is 2.23. The molecular formula is C11H17BrOS. The van der Waals surface area contributed by atoms with Crippen molar-refractivity contribution in [1.82, 2.24) is 0 Å². The second-order valence-electron chi connectivity index (χ2n) is 3.54. The zero-order chi connectivity index (χ0) is 10.4. The van der Waals surface area contributed by atoms with Crippen LogP contribution in [0.3, 0.4) is 0 Å². The van der Waals surface area contributed by atoms with Crippen LogP contribution >= 0.6 is 27.3 Å². The molecule has 0 fully saturated rings. The van der Waals surface area contributed by atoms with Gasteiger partial charge in [0.25, 0.3) is 0 Å². The van der Waals surface area contributed by atoms with Crippen LogP contribution < -0.4 is 0 Å². The topological polar surface area (TPSA) is 20.2 Å². The largest absolute Gasteiger partial charge is 0.393 e. The zero-order valence-corrected chi connectivity index (χ0v) is 10.9. The van der Waals surface area contributed by atoms with Crippen LogP contribution in [0.2, 0.25) is 0 Å². The number of aliphatic hydroxyl groups is 1. The van der Waals surface area contributed by atoms with Crippen molar-refractivity contribution in [2.24, 2.45) is 0 Å². The number of rotatable bonds is 6. The SMILES string of the molecule is CCCC(O)CCCc1ccc(Br)s1. The maximum absolute atomic E-state index is 9.53. The predicted molar refractivity (Wildman–Crippen MR) is 65.9 cm³/mol. The first-order valence-corrected chi connectivity index (χ1v) is 6.75. The van der Waals surface area contributed by atoms with Crippen LogP contribution in [0.5, 0.6) is 0 Å². The molecule has 0 bridgehead atoms. The summed E-state index contributed by atoms with van der Waals surface area (Å²) in [6.07, 6.45) is 5.04. The van der Waals surface area contributed by atoms with Gasteiger partial charge in [0.05, 0.1) is 9.89 Å². The van der Waals surface area contributed by atoms with E-state index in [9.17, 15) is 5.11 Å². The molecule has 14 heavy (non-hydrogen) atoms. The van der Waals surface area contributed by atoms with Gasteiger partial charge in [-0.3, -0.25) is 0 Å². The molecule has 1 nitrogen and oxygen atoms in total. The van der Waals surface area contributed by atoms with E-state index in [1.807, 2.05) is 0 Å². The molecule has 1 N–H and O–H groups in total. The predicted octanol–water partition coefficient (Wildman–Crippen LogP) is 3.99. The molecular weight excluding hydrogens is 260 g/mol. The third kappa shape index (κ3) is 4.58. The minimum Gasteiger partial charge on any atom is -0.393 e. The molecule has 0 aliphatic carbocycles. The van der Waals surface area contributed by atoms with Gasteiger partial charge in [-0.2, -0.15) is 0 Å². The van der Waals surface area contributed by atoms with Crippen LogP contribution in [0.1, 0.15) is 37.5 Å². The van der Waals surface area contributed by atoms with E-state index in [0.717, 1.165) is 32.1 Å². The summed E-state index contributed by atoms with van der Waals surface area (Å²) in [6, 6.07) is 4.24. The van der Waals surface area contributed by atoms with E-state index >= 15 is 0 Å². The highest BCUT2D eigenvalue weighted by Gasteiger charge is 2.03. The van der Waals surface area contributed by atoms with Crippen LogP contribution in [0.4, 0.5) is 0 Å². The van der Waals surface area contributed by atoms with Crippen LogP contribution in [-0.4, -0.2) is 11.2 Å². The molecule has 0 saturated heterocycles. The number of hydrogen-bond acceptors (Lipinski definition) is 2. The third-order valence-corrected chi connectivity index (χ3v) is 3.89. The van der Waals surface area contributed by atoms with Gasteiger partial charge in [0.1, 0.15) is 0 Å². The Morgan fingerprint density at radius 2 is 2.21 bits per heavy atom. The average Bonchev–Trinajstić information content (AvgIpc) is 2.52. The van der Waals surface area contributed by atoms with E-state index in [-0.39, 0.29) is 6.10 Å². The molecule has 3 heteroatoms. The molecule has 0 aliphatic rings. The molecule has 1 aromatic heterocycles. The summed E-state index contributed by atoms with van der Waals surface area (Å²) in [5.74, 6) is 0. The van der Waals surface area contributed by atoms with Gasteiger partial charge in [0, 0.05) is 4.88 Å². The Kier molecular flexibility index (Phi) is 5.75. The summed E-state index contributed by atoms with van der Waals surface area (Å²) in [7, 11) is 0. The van der Waals surface area contributed by atoms with E-state index in [0.29, 0.717) is 0 Å². The van der Waals surface area contributed by atoms with E-state index in [1.165, 1.54) is 8.66 Å². The normalized spacial score (nSPS) is 13.1. The standard InChI is InChI=1S/C11H17BrOS/c1-2-4-9(13)5-3-6-10-7-8-11(12)14-10/h7-9,13H,2-6H2,1H3. The molecule has 0 amide bonds. The van der Waals surface area contributed by atoms with E-state index < -0.39 is 0 Å². The van der Waals surface area contributed by atoms with Gasteiger partial charge in [0.2, 0.25) is 0 Å². The van der Waals surface area contributed by atoms with Crippen molar-refractivity contribution < 1.29 is 5.11 Å². The number of hydrogen-bond donors (Lipinski definition) is 1. The lowest BCUT2D eigenvalue weighted by atomic mass is 10.1. The van der Waals surface area contributed by atoms with Crippen molar-refractivity contribution in [3.05, 3.63) is 20.8 Å². The molecule has 0 aromatic carbocycles. The fraction of sp³-hybridized carbons (Fsp3) is 0.636. The quantitative estimate of drug-likeness (QED) is 0.833. The lowest BCUT2D eigenvalue weighted by Gasteiger charge is -2.07. The average molecular weight is 277 g/mol. The van der Waals surface area contributed by atoms with Gasteiger partial charge < -0.3 is 5.11 Å². The minimum atomic E-state index is -0.0941. The Hall–Kier alpha value is 0.140. The maximum atomic E-state index is 9.53. The van der Waals surface area contributed by atoms with Gasteiger partial charge in [-0.25, -0.2) is 0 Å². The molecule has 1 rings (SSSR count). The summed E-state index contributed by atoms with van der Waals surface area (Å²) in [6.45, 7) is 2.11. The van der Waals surface area contributed by atoms with E-state index in [4.69, 9.17) is 0 Å². The van der Waals surface area contributed by atoms with Crippen molar-refractivity contribution in [2.45, 2.75) is 45.1 Å². The number of thiophene rings is 1.